The first kappa shape index (κ1) is 63.3. The van der Waals surface area contributed by atoms with Gasteiger partial charge in [-0.25, -0.2) is 0 Å². The largest absolute Gasteiger partial charge is 0.462 e. The molecule has 0 radical (unpaired) electrons. The summed E-state index contributed by atoms with van der Waals surface area (Å²) in [6.07, 6.45) is 68.2. The zero-order chi connectivity index (χ0) is 48.1. The molecule has 0 saturated carbocycles. The van der Waals surface area contributed by atoms with Gasteiger partial charge in [-0.2, -0.15) is 0 Å². The monoisotopic (exact) mass is 922 g/mol. The summed E-state index contributed by atoms with van der Waals surface area (Å²) in [5.74, 6) is -0.524. The predicted octanol–water partition coefficient (Wildman–Crippen LogP) is 17.3. The molecule has 1 amide bonds. The van der Waals surface area contributed by atoms with E-state index in [4.69, 9.17) is 4.74 Å². The minimum Gasteiger partial charge on any atom is -0.462 e. The molecule has 3 N–H and O–H groups in total. The summed E-state index contributed by atoms with van der Waals surface area (Å²) < 4.78 is 5.93. The average molecular weight is 923 g/mol. The van der Waals surface area contributed by atoms with Crippen LogP contribution in [0.3, 0.4) is 0 Å². The molecule has 0 aromatic carbocycles. The minimum absolute atomic E-state index is 0.0443. The highest BCUT2D eigenvalue weighted by Crippen LogP contribution is 2.17. The standard InChI is InChI=1S/C60H107NO5/c1-4-7-10-13-16-19-22-25-27-28-29-30-32-35-38-41-44-47-50-53-60(65)66-56(51-48-45-42-39-36-34-31-26-23-20-17-14-11-8-5-2)54-59(64)61-57(55-62)58(63)52-49-46-43-40-37-33-24-21-18-15-12-9-6-3/h16-17,19-20,25-27,29-31,36,39,56-58,62-63H,4-15,18,21-24,28,32-35,37-38,40-55H2,1-3H3,(H,61,64)/b19-16-,20-17-,27-25-,30-29-,31-26-,39-36-. The highest BCUT2D eigenvalue weighted by atomic mass is 16.5. The number of esters is 1. The lowest BCUT2D eigenvalue weighted by molar-refractivity contribution is -0.151. The first-order chi connectivity index (χ1) is 32.5. The van der Waals surface area contributed by atoms with E-state index >= 15 is 0 Å². The van der Waals surface area contributed by atoms with Crippen LogP contribution in [0.5, 0.6) is 0 Å². The SMILES string of the molecule is CCCCC/C=C\C/C=C\C/C=C\CCCCCCCCC(=O)OC(CCCC/C=C\C/C=C\C/C=C\CCCCC)CC(=O)NC(CO)C(O)CCCCCCCCCCCCCCC. The van der Waals surface area contributed by atoms with Crippen molar-refractivity contribution in [3.63, 3.8) is 0 Å². The molecule has 0 aliphatic rings. The Balaban J connectivity index is 4.65. The number of ether oxygens (including phenoxy) is 1. The van der Waals surface area contributed by atoms with Crippen LogP contribution >= 0.6 is 0 Å². The van der Waals surface area contributed by atoms with Crippen molar-refractivity contribution in [2.45, 2.75) is 289 Å². The number of rotatable bonds is 50. The molecular weight excluding hydrogens is 815 g/mol. The third-order valence-electron chi connectivity index (χ3n) is 12.5. The second kappa shape index (κ2) is 53.3. The zero-order valence-corrected chi connectivity index (χ0v) is 43.6. The molecule has 0 aliphatic carbocycles. The van der Waals surface area contributed by atoms with Crippen molar-refractivity contribution < 1.29 is 24.5 Å². The number of hydrogen-bond acceptors (Lipinski definition) is 5. The van der Waals surface area contributed by atoms with E-state index in [1.807, 2.05) is 0 Å². The maximum Gasteiger partial charge on any atom is 0.306 e. The Morgan fingerprint density at radius 3 is 1.21 bits per heavy atom. The lowest BCUT2D eigenvalue weighted by Crippen LogP contribution is -2.46. The number of aliphatic hydroxyl groups excluding tert-OH is 2. The Kier molecular flexibility index (Phi) is 51.1. The Hall–Kier alpha value is -2.70. The molecular formula is C60H107NO5. The highest BCUT2D eigenvalue weighted by molar-refractivity contribution is 5.77. The summed E-state index contributed by atoms with van der Waals surface area (Å²) in [5.41, 5.74) is 0. The Morgan fingerprint density at radius 2 is 0.773 bits per heavy atom. The number of carbonyl (C=O) groups is 2. The smallest absolute Gasteiger partial charge is 0.306 e. The van der Waals surface area contributed by atoms with Gasteiger partial charge in [0, 0.05) is 6.42 Å². The number of amides is 1. The van der Waals surface area contributed by atoms with Crippen LogP contribution in [0, 0.1) is 0 Å². The van der Waals surface area contributed by atoms with Gasteiger partial charge in [0.15, 0.2) is 0 Å². The first-order valence-corrected chi connectivity index (χ1v) is 28.2. The second-order valence-electron chi connectivity index (χ2n) is 19.0. The number of allylic oxidation sites excluding steroid dienone is 12. The van der Waals surface area contributed by atoms with E-state index in [1.165, 1.54) is 135 Å². The van der Waals surface area contributed by atoms with Crippen LogP contribution in [-0.4, -0.2) is 46.9 Å². The molecule has 0 fully saturated rings. The molecule has 3 atom stereocenters. The van der Waals surface area contributed by atoms with Crippen LogP contribution in [0.25, 0.3) is 0 Å². The van der Waals surface area contributed by atoms with Crippen LogP contribution in [0.1, 0.15) is 271 Å². The summed E-state index contributed by atoms with van der Waals surface area (Å²) in [4.78, 5) is 26.2. The Labute approximate surface area is 409 Å². The first-order valence-electron chi connectivity index (χ1n) is 28.2. The van der Waals surface area contributed by atoms with E-state index in [1.54, 1.807) is 0 Å². The van der Waals surface area contributed by atoms with Crippen LogP contribution in [0.2, 0.25) is 0 Å². The van der Waals surface area contributed by atoms with Crippen LogP contribution in [0.4, 0.5) is 0 Å². The number of aliphatic hydroxyl groups is 2. The summed E-state index contributed by atoms with van der Waals surface area (Å²) in [7, 11) is 0. The lowest BCUT2D eigenvalue weighted by Gasteiger charge is -2.24. The second-order valence-corrected chi connectivity index (χ2v) is 19.0. The van der Waals surface area contributed by atoms with Gasteiger partial charge < -0.3 is 20.3 Å². The molecule has 66 heavy (non-hydrogen) atoms. The quantitative estimate of drug-likeness (QED) is 0.0321. The molecule has 6 nitrogen and oxygen atoms in total. The molecule has 0 aromatic heterocycles. The molecule has 0 heterocycles. The van der Waals surface area contributed by atoms with Gasteiger partial charge in [-0.15, -0.1) is 0 Å². The van der Waals surface area contributed by atoms with Crippen molar-refractivity contribution in [3.05, 3.63) is 72.9 Å². The third kappa shape index (κ3) is 47.8. The van der Waals surface area contributed by atoms with E-state index in [9.17, 15) is 19.8 Å². The normalized spacial score (nSPS) is 13.7. The van der Waals surface area contributed by atoms with Gasteiger partial charge in [0.05, 0.1) is 25.2 Å². The van der Waals surface area contributed by atoms with Gasteiger partial charge in [0.1, 0.15) is 6.10 Å². The van der Waals surface area contributed by atoms with Crippen LogP contribution in [0.15, 0.2) is 72.9 Å². The van der Waals surface area contributed by atoms with Crippen molar-refractivity contribution in [1.29, 1.82) is 0 Å². The molecule has 0 saturated heterocycles. The van der Waals surface area contributed by atoms with E-state index in [-0.39, 0.29) is 24.9 Å². The van der Waals surface area contributed by atoms with Gasteiger partial charge >= 0.3 is 5.97 Å². The molecule has 0 aliphatic heterocycles. The molecule has 0 bridgehead atoms. The van der Waals surface area contributed by atoms with Gasteiger partial charge in [0.25, 0.3) is 0 Å². The van der Waals surface area contributed by atoms with Gasteiger partial charge in [-0.3, -0.25) is 9.59 Å². The molecule has 382 valence electrons. The maximum atomic E-state index is 13.2. The fraction of sp³-hybridized carbons (Fsp3) is 0.767. The zero-order valence-electron chi connectivity index (χ0n) is 43.6. The molecule has 6 heteroatoms. The maximum absolute atomic E-state index is 13.2. The Morgan fingerprint density at radius 1 is 0.439 bits per heavy atom. The fourth-order valence-corrected chi connectivity index (χ4v) is 8.21. The van der Waals surface area contributed by atoms with E-state index in [0.29, 0.717) is 19.3 Å². The van der Waals surface area contributed by atoms with Crippen LogP contribution < -0.4 is 5.32 Å². The lowest BCUT2D eigenvalue weighted by atomic mass is 10.0. The number of hydrogen-bond donors (Lipinski definition) is 3. The van der Waals surface area contributed by atoms with Gasteiger partial charge in [-0.1, -0.05) is 229 Å². The van der Waals surface area contributed by atoms with Gasteiger partial charge in [0.2, 0.25) is 5.91 Å². The Bertz CT molecular complexity index is 1220. The van der Waals surface area contributed by atoms with Crippen molar-refractivity contribution in [3.8, 4) is 0 Å². The van der Waals surface area contributed by atoms with Crippen LogP contribution in [-0.2, 0) is 14.3 Å². The van der Waals surface area contributed by atoms with E-state index in [0.717, 1.165) is 89.9 Å². The summed E-state index contributed by atoms with van der Waals surface area (Å²) >= 11 is 0. The average Bonchev–Trinajstić information content (AvgIpc) is 3.31. The number of nitrogens with one attached hydrogen (secondary N) is 1. The van der Waals surface area contributed by atoms with Crippen molar-refractivity contribution in [1.82, 2.24) is 5.32 Å². The summed E-state index contributed by atoms with van der Waals surface area (Å²) in [5, 5.41) is 23.8. The van der Waals surface area contributed by atoms with Crippen molar-refractivity contribution in [2.24, 2.45) is 0 Å². The van der Waals surface area contributed by atoms with E-state index < -0.39 is 18.2 Å². The third-order valence-corrected chi connectivity index (χ3v) is 12.5. The van der Waals surface area contributed by atoms with E-state index in [2.05, 4.69) is 99.0 Å². The van der Waals surface area contributed by atoms with Gasteiger partial charge in [-0.05, 0) is 103 Å². The van der Waals surface area contributed by atoms with Crippen molar-refractivity contribution in [2.75, 3.05) is 6.61 Å². The molecule has 0 rings (SSSR count). The number of carbonyl (C=O) groups excluding carboxylic acids is 2. The summed E-state index contributed by atoms with van der Waals surface area (Å²) in [6.45, 7) is 6.42. The summed E-state index contributed by atoms with van der Waals surface area (Å²) in [6, 6.07) is -0.720. The molecule has 0 aromatic rings. The van der Waals surface area contributed by atoms with Crippen molar-refractivity contribution >= 4 is 11.9 Å². The molecule has 3 unspecified atom stereocenters. The highest BCUT2D eigenvalue weighted by Gasteiger charge is 2.24. The number of unbranched alkanes of at least 4 members (excludes halogenated alkanes) is 26. The fourth-order valence-electron chi connectivity index (χ4n) is 8.21. The minimum atomic E-state index is -0.803. The molecule has 0 spiro atoms. The predicted molar refractivity (Wildman–Crippen MR) is 287 cm³/mol. The topological polar surface area (TPSA) is 95.9 Å².